The summed E-state index contributed by atoms with van der Waals surface area (Å²) in [5.41, 5.74) is 0.969. The number of hydrogen-bond acceptors (Lipinski definition) is 2. The van der Waals surface area contributed by atoms with Crippen LogP contribution >= 0.6 is 0 Å². The average Bonchev–Trinajstić information content (AvgIpc) is 2.17. The highest BCUT2D eigenvalue weighted by molar-refractivity contribution is 7.90. The third-order valence-electron chi connectivity index (χ3n) is 1.82. The molecule has 0 bridgehead atoms. The van der Waals surface area contributed by atoms with E-state index in [1.54, 1.807) is 0 Å². The predicted octanol–water partition coefficient (Wildman–Crippen LogP) is 1.86. The molecule has 0 radical (unpaired) electrons. The number of sulfone groups is 1. The summed E-state index contributed by atoms with van der Waals surface area (Å²) in [6.07, 6.45) is 2.48. The van der Waals surface area contributed by atoms with Gasteiger partial charge >= 0.3 is 0 Å². The minimum absolute atomic E-state index is 0.219. The molecule has 0 N–H and O–H groups in total. The highest BCUT2D eigenvalue weighted by Gasteiger charge is 1.98. The largest absolute Gasteiger partial charge is 0.229 e. The highest BCUT2D eigenvalue weighted by atomic mass is 32.2. The van der Waals surface area contributed by atoms with Gasteiger partial charge in [-0.15, -0.1) is 0 Å². The van der Waals surface area contributed by atoms with E-state index in [9.17, 15) is 8.42 Å². The van der Waals surface area contributed by atoms with Gasteiger partial charge in [-0.2, -0.15) is 0 Å². The van der Waals surface area contributed by atoms with Crippen LogP contribution in [0.5, 0.6) is 0 Å². The van der Waals surface area contributed by atoms with Gasteiger partial charge in [-0.1, -0.05) is 30.0 Å². The molecular formula is C12H14O2S. The van der Waals surface area contributed by atoms with Crippen LogP contribution in [0.1, 0.15) is 18.4 Å². The van der Waals surface area contributed by atoms with Gasteiger partial charge in [0.1, 0.15) is 9.84 Å². The predicted molar refractivity (Wildman–Crippen MR) is 62.3 cm³/mol. The van der Waals surface area contributed by atoms with Crippen LogP contribution in [0.4, 0.5) is 0 Å². The second kappa shape index (κ2) is 5.57. The first-order valence-electron chi connectivity index (χ1n) is 4.79. The van der Waals surface area contributed by atoms with Gasteiger partial charge in [0.2, 0.25) is 0 Å². The maximum Gasteiger partial charge on any atom is 0.147 e. The topological polar surface area (TPSA) is 34.1 Å². The van der Waals surface area contributed by atoms with Crippen LogP contribution in [0.15, 0.2) is 30.3 Å². The Morgan fingerprint density at radius 2 is 1.87 bits per heavy atom. The van der Waals surface area contributed by atoms with Crippen LogP contribution in [0, 0.1) is 11.8 Å². The van der Waals surface area contributed by atoms with E-state index in [1.807, 2.05) is 30.3 Å². The lowest BCUT2D eigenvalue weighted by atomic mass is 10.2. The Hall–Kier alpha value is -1.27. The molecular weight excluding hydrogens is 208 g/mol. The second-order valence-corrected chi connectivity index (χ2v) is 5.66. The molecule has 0 unspecified atom stereocenters. The van der Waals surface area contributed by atoms with E-state index in [0.717, 1.165) is 5.56 Å². The quantitative estimate of drug-likeness (QED) is 0.578. The molecule has 0 atom stereocenters. The number of benzene rings is 1. The summed E-state index contributed by atoms with van der Waals surface area (Å²) in [6.45, 7) is 0. The van der Waals surface area contributed by atoms with Crippen LogP contribution in [0.2, 0.25) is 0 Å². The lowest BCUT2D eigenvalue weighted by Crippen LogP contribution is -2.01. The summed E-state index contributed by atoms with van der Waals surface area (Å²) < 4.78 is 21.6. The molecule has 15 heavy (non-hydrogen) atoms. The molecule has 3 heteroatoms. The van der Waals surface area contributed by atoms with Crippen molar-refractivity contribution in [1.82, 2.24) is 0 Å². The standard InChI is InChI=1S/C12H14O2S/c1-15(13,14)11-7-3-6-10-12-8-4-2-5-9-12/h2,4-5,8-9H,3,7,11H2,1H3. The SMILES string of the molecule is CS(=O)(=O)CCCC#Cc1ccccc1. The lowest BCUT2D eigenvalue weighted by molar-refractivity contribution is 0.599. The van der Waals surface area contributed by atoms with E-state index in [-0.39, 0.29) is 5.75 Å². The maximum absolute atomic E-state index is 10.8. The van der Waals surface area contributed by atoms with Crippen LogP contribution in [-0.4, -0.2) is 20.4 Å². The zero-order valence-corrected chi connectivity index (χ0v) is 9.55. The average molecular weight is 222 g/mol. The van der Waals surface area contributed by atoms with E-state index >= 15 is 0 Å². The van der Waals surface area contributed by atoms with Crippen molar-refractivity contribution in [2.75, 3.05) is 12.0 Å². The molecule has 0 aliphatic carbocycles. The molecule has 0 saturated heterocycles. The Labute approximate surface area is 91.2 Å². The summed E-state index contributed by atoms with van der Waals surface area (Å²) in [6, 6.07) is 9.67. The third-order valence-corrected chi connectivity index (χ3v) is 2.85. The van der Waals surface area contributed by atoms with Gasteiger partial charge in [-0.05, 0) is 18.6 Å². The maximum atomic E-state index is 10.8. The fourth-order valence-corrected chi connectivity index (χ4v) is 1.78. The van der Waals surface area contributed by atoms with Crippen molar-refractivity contribution in [2.24, 2.45) is 0 Å². The first-order valence-corrected chi connectivity index (χ1v) is 6.86. The molecule has 1 rings (SSSR count). The normalized spacial score (nSPS) is 10.5. The van der Waals surface area contributed by atoms with E-state index in [4.69, 9.17) is 0 Å². The number of rotatable bonds is 3. The molecule has 0 fully saturated rings. The van der Waals surface area contributed by atoms with Crippen LogP contribution in [-0.2, 0) is 9.84 Å². The zero-order chi connectivity index (χ0) is 11.1. The summed E-state index contributed by atoms with van der Waals surface area (Å²) >= 11 is 0. The lowest BCUT2D eigenvalue weighted by Gasteiger charge is -1.92. The van der Waals surface area contributed by atoms with Crippen molar-refractivity contribution in [2.45, 2.75) is 12.8 Å². The molecule has 0 spiro atoms. The van der Waals surface area contributed by atoms with E-state index in [0.29, 0.717) is 12.8 Å². The summed E-state index contributed by atoms with van der Waals surface area (Å²) in [5.74, 6) is 6.16. The second-order valence-electron chi connectivity index (χ2n) is 3.40. The number of hydrogen-bond donors (Lipinski definition) is 0. The van der Waals surface area contributed by atoms with Crippen molar-refractivity contribution in [3.63, 3.8) is 0 Å². The Morgan fingerprint density at radius 1 is 1.20 bits per heavy atom. The van der Waals surface area contributed by atoms with Gasteiger partial charge in [-0.25, -0.2) is 8.42 Å². The summed E-state index contributed by atoms with van der Waals surface area (Å²) in [4.78, 5) is 0. The molecule has 2 nitrogen and oxygen atoms in total. The zero-order valence-electron chi connectivity index (χ0n) is 8.73. The minimum atomic E-state index is -2.84. The molecule has 0 aromatic heterocycles. The molecule has 0 aliphatic heterocycles. The van der Waals surface area contributed by atoms with Crippen LogP contribution in [0.25, 0.3) is 0 Å². The van der Waals surface area contributed by atoms with Gasteiger partial charge in [0, 0.05) is 18.2 Å². The minimum Gasteiger partial charge on any atom is -0.229 e. The highest BCUT2D eigenvalue weighted by Crippen LogP contribution is 1.97. The van der Waals surface area contributed by atoms with Crippen LogP contribution < -0.4 is 0 Å². The molecule has 0 aliphatic rings. The van der Waals surface area contributed by atoms with Crippen molar-refractivity contribution >= 4 is 9.84 Å². The molecule has 0 saturated carbocycles. The smallest absolute Gasteiger partial charge is 0.147 e. The fraction of sp³-hybridized carbons (Fsp3) is 0.333. The molecule has 80 valence electrons. The van der Waals surface area contributed by atoms with Gasteiger partial charge in [0.15, 0.2) is 0 Å². The summed E-state index contributed by atoms with van der Waals surface area (Å²) in [7, 11) is -2.84. The first kappa shape index (κ1) is 11.8. The third kappa shape index (κ3) is 5.92. The fourth-order valence-electron chi connectivity index (χ4n) is 1.11. The van der Waals surface area contributed by atoms with E-state index in [1.165, 1.54) is 6.26 Å². The Bertz CT molecular complexity index is 449. The first-order chi connectivity index (χ1) is 7.08. The monoisotopic (exact) mass is 222 g/mol. The molecule has 0 heterocycles. The van der Waals surface area contributed by atoms with Gasteiger partial charge in [0.25, 0.3) is 0 Å². The van der Waals surface area contributed by atoms with Crippen molar-refractivity contribution < 1.29 is 8.42 Å². The Kier molecular flexibility index (Phi) is 4.38. The van der Waals surface area contributed by atoms with Gasteiger partial charge in [0.05, 0.1) is 5.75 Å². The van der Waals surface area contributed by atoms with Crippen molar-refractivity contribution in [3.8, 4) is 11.8 Å². The summed E-state index contributed by atoms with van der Waals surface area (Å²) in [5, 5.41) is 0. The molecule has 0 amide bonds. The van der Waals surface area contributed by atoms with Crippen molar-refractivity contribution in [3.05, 3.63) is 35.9 Å². The van der Waals surface area contributed by atoms with Crippen LogP contribution in [0.3, 0.4) is 0 Å². The molecule has 1 aromatic carbocycles. The van der Waals surface area contributed by atoms with Gasteiger partial charge < -0.3 is 0 Å². The van der Waals surface area contributed by atoms with Gasteiger partial charge in [-0.3, -0.25) is 0 Å². The number of unbranched alkanes of at least 4 members (excludes halogenated alkanes) is 1. The van der Waals surface area contributed by atoms with E-state index < -0.39 is 9.84 Å². The molecule has 1 aromatic rings. The Balaban J connectivity index is 2.36. The van der Waals surface area contributed by atoms with E-state index in [2.05, 4.69) is 11.8 Å². The Morgan fingerprint density at radius 3 is 2.47 bits per heavy atom. The van der Waals surface area contributed by atoms with Crippen molar-refractivity contribution in [1.29, 1.82) is 0 Å².